The van der Waals surface area contributed by atoms with Crippen LogP contribution >= 0.6 is 0 Å². The summed E-state index contributed by atoms with van der Waals surface area (Å²) in [5.74, 6) is 0.836. The third-order valence-corrected chi connectivity index (χ3v) is 5.26. The zero-order valence-electron chi connectivity index (χ0n) is 15.5. The highest BCUT2D eigenvalue weighted by Gasteiger charge is 2.33. The first kappa shape index (κ1) is 17.9. The number of likely N-dealkylation sites (tertiary alicyclic amines) is 1. The molecule has 2 heterocycles. The van der Waals surface area contributed by atoms with Crippen LogP contribution in [0.2, 0.25) is 0 Å². The van der Waals surface area contributed by atoms with Crippen molar-refractivity contribution in [3.8, 4) is 5.75 Å². The molecule has 0 spiro atoms. The molecule has 0 unspecified atom stereocenters. The predicted molar refractivity (Wildman–Crippen MR) is 99.8 cm³/mol. The molecule has 1 aromatic carbocycles. The fourth-order valence-corrected chi connectivity index (χ4v) is 3.19. The minimum Gasteiger partial charge on any atom is -0.491 e. The maximum atomic E-state index is 10.8. The lowest BCUT2D eigenvalue weighted by atomic mass is 9.92. The molecule has 0 atom stereocenters. The Morgan fingerprint density at radius 2 is 1.84 bits per heavy atom. The van der Waals surface area contributed by atoms with Gasteiger partial charge in [-0.15, -0.1) is 0 Å². The van der Waals surface area contributed by atoms with E-state index < -0.39 is 5.60 Å². The average Bonchev–Trinajstić information content (AvgIpc) is 2.60. The van der Waals surface area contributed by atoms with Gasteiger partial charge in [0.15, 0.2) is 0 Å². The Labute approximate surface area is 150 Å². The van der Waals surface area contributed by atoms with Gasteiger partial charge in [-0.3, -0.25) is 9.88 Å². The Kier molecular flexibility index (Phi) is 5.40. The molecule has 0 amide bonds. The van der Waals surface area contributed by atoms with Gasteiger partial charge in [0.2, 0.25) is 0 Å². The Bertz CT molecular complexity index is 722. The molecule has 134 valence electrons. The number of ether oxygens (including phenoxy) is 1. The Morgan fingerprint density at radius 3 is 2.52 bits per heavy atom. The van der Waals surface area contributed by atoms with Gasteiger partial charge in [-0.2, -0.15) is 0 Å². The fraction of sp³-hybridized carbons (Fsp3) is 0.476. The van der Waals surface area contributed by atoms with Crippen LogP contribution in [0.25, 0.3) is 0 Å². The SMILES string of the molecule is Cc1ccc(OCC2(O)CCN(Cc3ncccc3C)CC2)cc1C. The van der Waals surface area contributed by atoms with Crippen LogP contribution in [0.1, 0.15) is 35.2 Å². The van der Waals surface area contributed by atoms with Crippen molar-refractivity contribution in [3.05, 3.63) is 58.9 Å². The summed E-state index contributed by atoms with van der Waals surface area (Å²) in [7, 11) is 0. The first-order chi connectivity index (χ1) is 12.0. The van der Waals surface area contributed by atoms with Crippen LogP contribution in [-0.2, 0) is 6.54 Å². The van der Waals surface area contributed by atoms with Crippen LogP contribution in [-0.4, -0.2) is 40.3 Å². The molecule has 0 aliphatic carbocycles. The minimum atomic E-state index is -0.742. The van der Waals surface area contributed by atoms with Crippen LogP contribution in [0.4, 0.5) is 0 Å². The molecule has 3 rings (SSSR count). The van der Waals surface area contributed by atoms with Gasteiger partial charge in [0.05, 0.1) is 5.69 Å². The van der Waals surface area contributed by atoms with E-state index in [0.717, 1.165) is 43.9 Å². The summed E-state index contributed by atoms with van der Waals surface area (Å²) >= 11 is 0. The van der Waals surface area contributed by atoms with Gasteiger partial charge in [-0.1, -0.05) is 12.1 Å². The van der Waals surface area contributed by atoms with Crippen molar-refractivity contribution in [1.82, 2.24) is 9.88 Å². The molecule has 0 saturated carbocycles. The molecular weight excluding hydrogens is 312 g/mol. The molecule has 4 nitrogen and oxygen atoms in total. The summed E-state index contributed by atoms with van der Waals surface area (Å²) in [5.41, 5.74) is 4.07. The number of rotatable bonds is 5. The topological polar surface area (TPSA) is 45.6 Å². The highest BCUT2D eigenvalue weighted by molar-refractivity contribution is 5.33. The molecule has 1 saturated heterocycles. The second-order valence-electron chi connectivity index (χ2n) is 7.30. The van der Waals surface area contributed by atoms with E-state index in [9.17, 15) is 5.11 Å². The second-order valence-corrected chi connectivity index (χ2v) is 7.30. The molecule has 0 bridgehead atoms. The summed E-state index contributed by atoms with van der Waals surface area (Å²) in [6.45, 7) is 9.19. The van der Waals surface area contributed by atoms with E-state index in [2.05, 4.69) is 42.8 Å². The molecule has 1 fully saturated rings. The van der Waals surface area contributed by atoms with Crippen molar-refractivity contribution in [2.45, 2.75) is 45.8 Å². The summed E-state index contributed by atoms with van der Waals surface area (Å²) in [5, 5.41) is 10.8. The number of aliphatic hydroxyl groups is 1. The maximum Gasteiger partial charge on any atom is 0.119 e. The van der Waals surface area contributed by atoms with Crippen molar-refractivity contribution in [2.24, 2.45) is 0 Å². The molecule has 1 aromatic heterocycles. The molecule has 1 aliphatic rings. The highest BCUT2D eigenvalue weighted by atomic mass is 16.5. The first-order valence-corrected chi connectivity index (χ1v) is 9.00. The van der Waals surface area contributed by atoms with E-state index >= 15 is 0 Å². The predicted octanol–water partition coefficient (Wildman–Crippen LogP) is 3.41. The zero-order valence-corrected chi connectivity index (χ0v) is 15.5. The number of hydrogen-bond donors (Lipinski definition) is 1. The van der Waals surface area contributed by atoms with Crippen LogP contribution < -0.4 is 4.74 Å². The van der Waals surface area contributed by atoms with Gasteiger partial charge in [-0.25, -0.2) is 0 Å². The van der Waals surface area contributed by atoms with E-state index in [1.165, 1.54) is 16.7 Å². The Morgan fingerprint density at radius 1 is 1.08 bits per heavy atom. The van der Waals surface area contributed by atoms with Gasteiger partial charge in [0.1, 0.15) is 18.0 Å². The number of hydrogen-bond acceptors (Lipinski definition) is 4. The quantitative estimate of drug-likeness (QED) is 0.906. The number of aromatic nitrogens is 1. The molecule has 2 aromatic rings. The molecular formula is C21H28N2O2. The lowest BCUT2D eigenvalue weighted by Gasteiger charge is -2.37. The lowest BCUT2D eigenvalue weighted by molar-refractivity contribution is -0.0539. The third kappa shape index (κ3) is 4.59. The molecule has 1 N–H and O–H groups in total. The number of benzene rings is 1. The summed E-state index contributed by atoms with van der Waals surface area (Å²) in [6.07, 6.45) is 3.30. The first-order valence-electron chi connectivity index (χ1n) is 9.00. The van der Waals surface area contributed by atoms with Gasteiger partial charge in [-0.05, 0) is 68.5 Å². The molecule has 4 heteroatoms. The van der Waals surface area contributed by atoms with Crippen molar-refractivity contribution < 1.29 is 9.84 Å². The van der Waals surface area contributed by atoms with Crippen LogP contribution in [0, 0.1) is 20.8 Å². The van der Waals surface area contributed by atoms with E-state index in [1.54, 1.807) is 0 Å². The van der Waals surface area contributed by atoms with Crippen molar-refractivity contribution >= 4 is 0 Å². The number of nitrogens with zero attached hydrogens (tertiary/aromatic N) is 2. The van der Waals surface area contributed by atoms with Gasteiger partial charge < -0.3 is 9.84 Å². The lowest BCUT2D eigenvalue weighted by Crippen LogP contribution is -2.47. The fourth-order valence-electron chi connectivity index (χ4n) is 3.19. The smallest absolute Gasteiger partial charge is 0.119 e. The van der Waals surface area contributed by atoms with Gasteiger partial charge in [0.25, 0.3) is 0 Å². The van der Waals surface area contributed by atoms with Crippen molar-refractivity contribution in [2.75, 3.05) is 19.7 Å². The Balaban J connectivity index is 1.52. The average molecular weight is 340 g/mol. The Hall–Kier alpha value is -1.91. The largest absolute Gasteiger partial charge is 0.491 e. The van der Waals surface area contributed by atoms with Crippen LogP contribution in [0.3, 0.4) is 0 Å². The van der Waals surface area contributed by atoms with E-state index in [0.29, 0.717) is 6.61 Å². The van der Waals surface area contributed by atoms with E-state index in [4.69, 9.17) is 4.74 Å². The normalized spacial score (nSPS) is 17.4. The summed E-state index contributed by atoms with van der Waals surface area (Å²) in [6, 6.07) is 10.1. The number of pyridine rings is 1. The van der Waals surface area contributed by atoms with E-state index in [-0.39, 0.29) is 0 Å². The third-order valence-electron chi connectivity index (χ3n) is 5.26. The standard InChI is InChI=1S/C21H28N2O2/c1-16-6-7-19(13-18(16)3)25-15-21(24)8-11-23(12-9-21)14-20-17(2)5-4-10-22-20/h4-7,10,13,24H,8-9,11-12,14-15H2,1-3H3. The van der Waals surface area contributed by atoms with Crippen molar-refractivity contribution in [3.63, 3.8) is 0 Å². The highest BCUT2D eigenvalue weighted by Crippen LogP contribution is 2.25. The van der Waals surface area contributed by atoms with Crippen LogP contribution in [0.15, 0.2) is 36.5 Å². The zero-order chi connectivity index (χ0) is 17.9. The second kappa shape index (κ2) is 7.54. The molecule has 25 heavy (non-hydrogen) atoms. The summed E-state index contributed by atoms with van der Waals surface area (Å²) in [4.78, 5) is 6.83. The molecule has 0 radical (unpaired) electrons. The molecule has 1 aliphatic heterocycles. The number of aryl methyl sites for hydroxylation is 3. The number of piperidine rings is 1. The summed E-state index contributed by atoms with van der Waals surface area (Å²) < 4.78 is 5.88. The van der Waals surface area contributed by atoms with E-state index in [1.807, 2.05) is 24.4 Å². The van der Waals surface area contributed by atoms with Crippen LogP contribution in [0.5, 0.6) is 5.75 Å². The maximum absolute atomic E-state index is 10.8. The van der Waals surface area contributed by atoms with Gasteiger partial charge in [0, 0.05) is 25.8 Å². The van der Waals surface area contributed by atoms with Gasteiger partial charge >= 0.3 is 0 Å². The van der Waals surface area contributed by atoms with Crippen molar-refractivity contribution in [1.29, 1.82) is 0 Å². The monoisotopic (exact) mass is 340 g/mol. The minimum absolute atomic E-state index is 0.353.